The van der Waals surface area contributed by atoms with Crippen LogP contribution < -0.4 is 19.9 Å². The van der Waals surface area contributed by atoms with Gasteiger partial charge in [0.25, 0.3) is 0 Å². The first-order chi connectivity index (χ1) is 14.8. The van der Waals surface area contributed by atoms with E-state index in [9.17, 15) is 14.9 Å². The van der Waals surface area contributed by atoms with Crippen molar-refractivity contribution < 1.29 is 23.9 Å². The summed E-state index contributed by atoms with van der Waals surface area (Å²) in [4.78, 5) is 26.2. The predicted molar refractivity (Wildman–Crippen MR) is 110 cm³/mol. The van der Waals surface area contributed by atoms with Gasteiger partial charge in [-0.15, -0.1) is 0 Å². The average Bonchev–Trinajstić information content (AvgIpc) is 3.13. The summed E-state index contributed by atoms with van der Waals surface area (Å²) in [5.74, 6) is 0.496. The lowest BCUT2D eigenvalue weighted by atomic mass is 10.1. The molecule has 0 aliphatic heterocycles. The Kier molecular flexibility index (Phi) is 6.34. The van der Waals surface area contributed by atoms with Crippen molar-refractivity contribution in [3.63, 3.8) is 0 Å². The minimum absolute atomic E-state index is 0.0798. The second-order valence-electron chi connectivity index (χ2n) is 6.70. The van der Waals surface area contributed by atoms with Gasteiger partial charge in [0.15, 0.2) is 0 Å². The fourth-order valence-corrected chi connectivity index (χ4v) is 3.08. The van der Waals surface area contributed by atoms with Gasteiger partial charge in [0.1, 0.15) is 11.9 Å². The number of amides is 1. The second kappa shape index (κ2) is 9.11. The van der Waals surface area contributed by atoms with Crippen LogP contribution in [0.1, 0.15) is 12.6 Å². The van der Waals surface area contributed by atoms with E-state index in [1.807, 2.05) is 0 Å². The minimum Gasteiger partial charge on any atom is -0.490 e. The van der Waals surface area contributed by atoms with Crippen LogP contribution in [0.2, 0.25) is 0 Å². The number of nitro benzene ring substituents is 1. The molecule has 1 aromatic carbocycles. The van der Waals surface area contributed by atoms with E-state index < -0.39 is 17.1 Å². The number of pyridine rings is 1. The van der Waals surface area contributed by atoms with E-state index in [4.69, 9.17) is 19.9 Å². The van der Waals surface area contributed by atoms with Gasteiger partial charge in [-0.05, 0) is 19.1 Å². The fourth-order valence-electron chi connectivity index (χ4n) is 3.08. The van der Waals surface area contributed by atoms with Crippen molar-refractivity contribution in [1.29, 1.82) is 0 Å². The van der Waals surface area contributed by atoms with Crippen molar-refractivity contribution in [2.75, 3.05) is 7.11 Å². The number of hydrogen-bond donors (Lipinski definition) is 1. The van der Waals surface area contributed by atoms with Crippen molar-refractivity contribution in [1.82, 2.24) is 14.8 Å². The maximum Gasteiger partial charge on any atom is 0.411 e. The largest absolute Gasteiger partial charge is 0.490 e. The molecule has 0 saturated heterocycles. The normalized spacial score (nSPS) is 11.6. The Balaban J connectivity index is 1.88. The van der Waals surface area contributed by atoms with Crippen molar-refractivity contribution in [3.8, 4) is 28.5 Å². The molecule has 1 atom stereocenters. The van der Waals surface area contributed by atoms with Gasteiger partial charge in [0.05, 0.1) is 24.3 Å². The molecule has 1 unspecified atom stereocenters. The summed E-state index contributed by atoms with van der Waals surface area (Å²) in [6.45, 7) is 1.79. The van der Waals surface area contributed by atoms with Gasteiger partial charge in [0.2, 0.25) is 11.6 Å². The number of ether oxygens (including phenoxy) is 3. The first kappa shape index (κ1) is 21.6. The third kappa shape index (κ3) is 5.26. The molecule has 2 N–H and O–H groups in total. The van der Waals surface area contributed by atoms with Gasteiger partial charge in [-0.1, -0.05) is 6.07 Å². The minimum atomic E-state index is -0.956. The highest BCUT2D eigenvalue weighted by Gasteiger charge is 2.24. The zero-order chi connectivity index (χ0) is 22.5. The molecule has 1 amide bonds. The van der Waals surface area contributed by atoms with Crippen LogP contribution in [-0.4, -0.2) is 39.0 Å². The summed E-state index contributed by atoms with van der Waals surface area (Å²) in [6.07, 6.45) is 2.32. The van der Waals surface area contributed by atoms with Gasteiger partial charge in [0, 0.05) is 42.6 Å². The van der Waals surface area contributed by atoms with Crippen LogP contribution in [0.3, 0.4) is 0 Å². The maximum absolute atomic E-state index is 11.6. The number of aromatic nitrogens is 3. The number of nitrogens with zero attached hydrogens (tertiary/aromatic N) is 4. The van der Waals surface area contributed by atoms with Gasteiger partial charge in [-0.3, -0.25) is 14.8 Å². The van der Waals surface area contributed by atoms with Crippen molar-refractivity contribution in [2.24, 2.45) is 12.8 Å². The summed E-state index contributed by atoms with van der Waals surface area (Å²) >= 11 is 0. The first-order valence-corrected chi connectivity index (χ1v) is 9.22. The van der Waals surface area contributed by atoms with Gasteiger partial charge in [-0.25, -0.2) is 9.78 Å². The second-order valence-corrected chi connectivity index (χ2v) is 6.70. The number of rotatable bonds is 8. The average molecular weight is 427 g/mol. The molecule has 162 valence electrons. The molecule has 31 heavy (non-hydrogen) atoms. The summed E-state index contributed by atoms with van der Waals surface area (Å²) in [6, 6.07) is 7.90. The van der Waals surface area contributed by atoms with Crippen LogP contribution in [0, 0.1) is 10.1 Å². The molecule has 0 aliphatic carbocycles. The van der Waals surface area contributed by atoms with Crippen LogP contribution in [-0.2, 0) is 13.5 Å². The molecule has 0 fully saturated rings. The Bertz CT molecular complexity index is 1110. The summed E-state index contributed by atoms with van der Waals surface area (Å²) in [5.41, 5.74) is 6.52. The molecule has 0 radical (unpaired) electrons. The SMILES string of the molecule is COc1c(-c2cnn(C)c2)cc(OC(C)Cc2cccc(OC(N)=O)n2)cc1[N+](=O)[O-]. The van der Waals surface area contributed by atoms with E-state index in [0.29, 0.717) is 29.0 Å². The highest BCUT2D eigenvalue weighted by atomic mass is 16.6. The lowest BCUT2D eigenvalue weighted by Crippen LogP contribution is -2.18. The van der Waals surface area contributed by atoms with Crippen molar-refractivity contribution in [3.05, 3.63) is 58.5 Å². The lowest BCUT2D eigenvalue weighted by Gasteiger charge is -2.16. The number of aryl methyl sites for hydroxylation is 1. The third-order valence-electron chi connectivity index (χ3n) is 4.28. The Morgan fingerprint density at radius 3 is 2.74 bits per heavy atom. The summed E-state index contributed by atoms with van der Waals surface area (Å²) in [7, 11) is 3.12. The standard InChI is InChI=1S/C20H21N5O6/c1-12(7-14-5-4-6-18(23-14)31-20(21)26)30-15-8-16(13-10-22-24(2)11-13)19(29-3)17(9-15)25(27)28/h4-6,8-12H,7H2,1-3H3,(H2,21,26). The summed E-state index contributed by atoms with van der Waals surface area (Å²) in [5, 5.41) is 15.7. The Morgan fingerprint density at radius 2 is 2.13 bits per heavy atom. The molecule has 11 nitrogen and oxygen atoms in total. The smallest absolute Gasteiger partial charge is 0.411 e. The molecule has 2 heterocycles. The number of carbonyl (C=O) groups is 1. The Hall–Kier alpha value is -4.15. The predicted octanol–water partition coefficient (Wildman–Crippen LogP) is 2.87. The van der Waals surface area contributed by atoms with Crippen molar-refractivity contribution in [2.45, 2.75) is 19.4 Å². The van der Waals surface area contributed by atoms with E-state index >= 15 is 0 Å². The quantitative estimate of drug-likeness (QED) is 0.427. The van der Waals surface area contributed by atoms with E-state index in [0.717, 1.165) is 0 Å². The van der Waals surface area contributed by atoms with E-state index in [1.54, 1.807) is 49.2 Å². The van der Waals surface area contributed by atoms with Crippen LogP contribution in [0.4, 0.5) is 10.5 Å². The van der Waals surface area contributed by atoms with E-state index in [2.05, 4.69) is 10.1 Å². The highest BCUT2D eigenvalue weighted by Crippen LogP contribution is 2.41. The zero-order valence-electron chi connectivity index (χ0n) is 17.1. The number of carbonyl (C=O) groups excluding carboxylic acids is 1. The molecule has 0 bridgehead atoms. The van der Waals surface area contributed by atoms with Crippen LogP contribution in [0.15, 0.2) is 42.7 Å². The van der Waals surface area contributed by atoms with Crippen LogP contribution >= 0.6 is 0 Å². The molecule has 11 heteroatoms. The number of hydrogen-bond acceptors (Lipinski definition) is 8. The molecule has 3 aromatic rings. The number of methoxy groups -OCH3 is 1. The monoisotopic (exact) mass is 427 g/mol. The number of primary amides is 1. The molecule has 0 aliphatic rings. The molecule has 3 rings (SSSR count). The van der Waals surface area contributed by atoms with Crippen LogP contribution in [0.5, 0.6) is 17.4 Å². The van der Waals surface area contributed by atoms with E-state index in [-0.39, 0.29) is 17.3 Å². The zero-order valence-corrected chi connectivity index (χ0v) is 17.1. The molecule has 2 aromatic heterocycles. The number of nitro groups is 1. The molecule has 0 spiro atoms. The molecular formula is C20H21N5O6. The van der Waals surface area contributed by atoms with Gasteiger partial charge < -0.3 is 19.9 Å². The Labute approximate surface area is 177 Å². The topological polar surface area (TPSA) is 145 Å². The lowest BCUT2D eigenvalue weighted by molar-refractivity contribution is -0.385. The molecule has 0 saturated carbocycles. The Morgan fingerprint density at radius 1 is 1.35 bits per heavy atom. The number of nitrogens with two attached hydrogens (primary N) is 1. The molecular weight excluding hydrogens is 406 g/mol. The van der Waals surface area contributed by atoms with Crippen molar-refractivity contribution >= 4 is 11.8 Å². The fraction of sp³-hybridized carbons (Fsp3) is 0.250. The van der Waals surface area contributed by atoms with Gasteiger partial charge >= 0.3 is 11.8 Å². The third-order valence-corrected chi connectivity index (χ3v) is 4.28. The maximum atomic E-state index is 11.6. The first-order valence-electron chi connectivity index (χ1n) is 9.22. The van der Waals surface area contributed by atoms with Crippen LogP contribution in [0.25, 0.3) is 11.1 Å². The summed E-state index contributed by atoms with van der Waals surface area (Å²) < 4.78 is 17.6. The highest BCUT2D eigenvalue weighted by molar-refractivity contribution is 5.76. The number of benzene rings is 1. The van der Waals surface area contributed by atoms with E-state index in [1.165, 1.54) is 19.2 Å². The van der Waals surface area contributed by atoms with Gasteiger partial charge in [-0.2, -0.15) is 5.10 Å².